The van der Waals surface area contributed by atoms with Gasteiger partial charge in [-0.2, -0.15) is 0 Å². The van der Waals surface area contributed by atoms with Gasteiger partial charge in [-0.3, -0.25) is 0 Å². The lowest BCUT2D eigenvalue weighted by Gasteiger charge is -2.06. The molecule has 1 aliphatic carbocycles. The van der Waals surface area contributed by atoms with Crippen LogP contribution in [-0.2, 0) is 0 Å². The Morgan fingerprint density at radius 1 is 0.591 bits per heavy atom. The maximum atomic E-state index is 2.36. The summed E-state index contributed by atoms with van der Waals surface area (Å²) in [5.74, 6) is 0. The van der Waals surface area contributed by atoms with Crippen molar-refractivity contribution in [3.05, 3.63) is 71.8 Å². The summed E-state index contributed by atoms with van der Waals surface area (Å²) in [5.41, 5.74) is 8.20. The Morgan fingerprint density at radius 3 is 2.23 bits per heavy atom. The molecule has 0 atom stereocenters. The van der Waals surface area contributed by atoms with Crippen LogP contribution in [0.4, 0.5) is 0 Å². The predicted molar refractivity (Wildman–Crippen MR) is 95.4 cm³/mol. The van der Waals surface area contributed by atoms with Crippen LogP contribution in [0.2, 0.25) is 0 Å². The van der Waals surface area contributed by atoms with Crippen molar-refractivity contribution in [2.45, 2.75) is 13.8 Å². The fraction of sp³-hybridized carbons (Fsp3) is 0.0909. The van der Waals surface area contributed by atoms with Gasteiger partial charge in [0.25, 0.3) is 0 Å². The molecule has 0 heteroatoms. The van der Waals surface area contributed by atoms with Gasteiger partial charge >= 0.3 is 0 Å². The first-order valence-corrected chi connectivity index (χ1v) is 7.80. The number of aryl methyl sites for hydroxylation is 2. The molecule has 104 valence electrons. The molecule has 0 amide bonds. The fourth-order valence-electron chi connectivity index (χ4n) is 3.86. The largest absolute Gasteiger partial charge is 0.0610 e. The molecule has 0 aromatic heterocycles. The highest BCUT2D eigenvalue weighted by atomic mass is 14.2. The predicted octanol–water partition coefficient (Wildman–Crippen LogP) is 6.26. The monoisotopic (exact) mass is 280 g/mol. The third-order valence-corrected chi connectivity index (χ3v) is 4.97. The first-order chi connectivity index (χ1) is 10.7. The van der Waals surface area contributed by atoms with Crippen LogP contribution in [0.25, 0.3) is 43.8 Å². The Balaban J connectivity index is 1.98. The van der Waals surface area contributed by atoms with Crippen molar-refractivity contribution in [1.82, 2.24) is 0 Å². The van der Waals surface area contributed by atoms with E-state index < -0.39 is 0 Å². The molecule has 0 radical (unpaired) electrons. The number of fused-ring (bicyclic) bond motifs is 4. The molecule has 0 aliphatic heterocycles. The summed E-state index contributed by atoms with van der Waals surface area (Å²) in [7, 11) is 0. The molecule has 0 heterocycles. The Morgan fingerprint density at radius 2 is 1.36 bits per heavy atom. The van der Waals surface area contributed by atoms with E-state index in [2.05, 4.69) is 74.5 Å². The Kier molecular flexibility index (Phi) is 2.17. The average Bonchev–Trinajstić information content (AvgIpc) is 2.84. The Labute approximate surface area is 130 Å². The van der Waals surface area contributed by atoms with Gasteiger partial charge < -0.3 is 0 Å². The summed E-state index contributed by atoms with van der Waals surface area (Å²) in [6.07, 6.45) is 0. The Bertz CT molecular complexity index is 1080. The fourth-order valence-corrected chi connectivity index (χ4v) is 3.86. The van der Waals surface area contributed by atoms with Crippen LogP contribution in [-0.4, -0.2) is 0 Å². The van der Waals surface area contributed by atoms with Crippen molar-refractivity contribution < 1.29 is 0 Å². The highest BCUT2D eigenvalue weighted by Gasteiger charge is 2.22. The maximum Gasteiger partial charge on any atom is -0.00237 e. The zero-order valence-corrected chi connectivity index (χ0v) is 12.8. The molecule has 0 saturated heterocycles. The van der Waals surface area contributed by atoms with E-state index in [4.69, 9.17) is 0 Å². The van der Waals surface area contributed by atoms with Crippen molar-refractivity contribution >= 4 is 21.5 Å². The van der Waals surface area contributed by atoms with Gasteiger partial charge in [0, 0.05) is 0 Å². The lowest BCUT2D eigenvalue weighted by atomic mass is 9.98. The first kappa shape index (κ1) is 12.0. The molecule has 0 unspecified atom stereocenters. The van der Waals surface area contributed by atoms with Crippen LogP contribution >= 0.6 is 0 Å². The summed E-state index contributed by atoms with van der Waals surface area (Å²) < 4.78 is 0. The van der Waals surface area contributed by atoms with Crippen LogP contribution in [0.5, 0.6) is 0 Å². The van der Waals surface area contributed by atoms with E-state index in [1.807, 2.05) is 0 Å². The summed E-state index contributed by atoms with van der Waals surface area (Å²) in [6, 6.07) is 22.7. The minimum atomic E-state index is 1.32. The minimum absolute atomic E-state index is 1.32. The Hall–Kier alpha value is -2.60. The van der Waals surface area contributed by atoms with Gasteiger partial charge in [-0.1, -0.05) is 54.1 Å². The van der Waals surface area contributed by atoms with Gasteiger partial charge in [-0.15, -0.1) is 0 Å². The summed E-state index contributed by atoms with van der Waals surface area (Å²) in [5, 5.41) is 5.46. The molecule has 4 aromatic carbocycles. The van der Waals surface area contributed by atoms with E-state index >= 15 is 0 Å². The van der Waals surface area contributed by atoms with Gasteiger partial charge in [0.1, 0.15) is 0 Å². The van der Waals surface area contributed by atoms with Gasteiger partial charge in [-0.25, -0.2) is 0 Å². The van der Waals surface area contributed by atoms with E-state index in [-0.39, 0.29) is 0 Å². The number of rotatable bonds is 0. The van der Waals surface area contributed by atoms with E-state index in [9.17, 15) is 0 Å². The normalized spacial score (nSPS) is 12.1. The quantitative estimate of drug-likeness (QED) is 0.314. The molecule has 1 aliphatic rings. The molecule has 0 N–H and O–H groups in total. The molecule has 0 nitrogen and oxygen atoms in total. The lowest BCUT2D eigenvalue weighted by Crippen LogP contribution is -1.80. The van der Waals surface area contributed by atoms with Crippen molar-refractivity contribution in [1.29, 1.82) is 0 Å². The second-order valence-electron chi connectivity index (χ2n) is 6.41. The number of hydrogen-bond donors (Lipinski definition) is 0. The smallest absolute Gasteiger partial charge is 0.00237 e. The van der Waals surface area contributed by atoms with Crippen molar-refractivity contribution in [3.8, 4) is 22.3 Å². The van der Waals surface area contributed by atoms with Crippen LogP contribution < -0.4 is 0 Å². The number of hydrogen-bond acceptors (Lipinski definition) is 0. The maximum absolute atomic E-state index is 2.36. The van der Waals surface area contributed by atoms with Crippen LogP contribution in [0.1, 0.15) is 11.1 Å². The molecule has 0 bridgehead atoms. The van der Waals surface area contributed by atoms with E-state index in [1.165, 1.54) is 54.9 Å². The summed E-state index contributed by atoms with van der Waals surface area (Å²) in [6.45, 7) is 4.36. The third kappa shape index (κ3) is 1.42. The van der Waals surface area contributed by atoms with E-state index in [0.717, 1.165) is 0 Å². The molecule has 22 heavy (non-hydrogen) atoms. The standard InChI is InChI=1S/C22H16/c1-13-6-8-15-11-20-19-9-7-14(2)17-4-3-5-18(22(17)19)21(20)12-16(15)10-13/h3-12H,1-2H3. The van der Waals surface area contributed by atoms with Crippen LogP contribution in [0.3, 0.4) is 0 Å². The van der Waals surface area contributed by atoms with Crippen molar-refractivity contribution in [2.24, 2.45) is 0 Å². The summed E-state index contributed by atoms with van der Waals surface area (Å²) >= 11 is 0. The second kappa shape index (κ2) is 3.98. The highest BCUT2D eigenvalue weighted by Crippen LogP contribution is 2.49. The topological polar surface area (TPSA) is 0 Å². The average molecular weight is 280 g/mol. The molecular formula is C22H16. The number of benzene rings is 4. The van der Waals surface area contributed by atoms with Crippen LogP contribution in [0, 0.1) is 13.8 Å². The van der Waals surface area contributed by atoms with Gasteiger partial charge in [0.05, 0.1) is 0 Å². The van der Waals surface area contributed by atoms with Crippen molar-refractivity contribution in [2.75, 3.05) is 0 Å². The zero-order valence-electron chi connectivity index (χ0n) is 12.8. The van der Waals surface area contributed by atoms with E-state index in [0.29, 0.717) is 0 Å². The molecule has 0 fully saturated rings. The van der Waals surface area contributed by atoms with Crippen LogP contribution in [0.15, 0.2) is 60.7 Å². The first-order valence-electron chi connectivity index (χ1n) is 7.80. The van der Waals surface area contributed by atoms with Gasteiger partial charge in [0.2, 0.25) is 0 Å². The zero-order chi connectivity index (χ0) is 14.8. The highest BCUT2D eigenvalue weighted by molar-refractivity contribution is 6.17. The minimum Gasteiger partial charge on any atom is -0.0610 e. The molecule has 0 saturated carbocycles. The SMILES string of the molecule is Cc1ccc2cc3c(cc2c1)-c1cccc2c(C)ccc-3c12. The second-order valence-corrected chi connectivity index (χ2v) is 6.41. The molecule has 0 spiro atoms. The van der Waals surface area contributed by atoms with Crippen molar-refractivity contribution in [3.63, 3.8) is 0 Å². The molecule has 4 aromatic rings. The molecular weight excluding hydrogens is 264 g/mol. The van der Waals surface area contributed by atoms with Gasteiger partial charge in [0.15, 0.2) is 0 Å². The summed E-state index contributed by atoms with van der Waals surface area (Å²) in [4.78, 5) is 0. The van der Waals surface area contributed by atoms with E-state index in [1.54, 1.807) is 0 Å². The van der Waals surface area contributed by atoms with Gasteiger partial charge in [-0.05, 0) is 75.3 Å². The third-order valence-electron chi connectivity index (χ3n) is 4.97. The molecule has 5 rings (SSSR count). The lowest BCUT2D eigenvalue weighted by molar-refractivity contribution is 1.51.